The molecule has 1 N–H and O–H groups in total. The topological polar surface area (TPSA) is 50.2 Å². The highest BCUT2D eigenvalue weighted by atomic mass is 32.2. The first-order valence-corrected chi connectivity index (χ1v) is 9.54. The first-order valence-electron chi connectivity index (χ1n) is 7.44. The van der Waals surface area contributed by atoms with Gasteiger partial charge in [-0.2, -0.15) is 5.10 Å². The van der Waals surface area contributed by atoms with E-state index in [2.05, 4.69) is 22.5 Å². The number of nitrogens with one attached hydrogen (secondary N) is 1. The first kappa shape index (κ1) is 16.3. The van der Waals surface area contributed by atoms with Crippen LogP contribution in [0.3, 0.4) is 0 Å². The number of anilines is 1. The average molecular weight is 348 g/mol. The minimum Gasteiger partial charge on any atom is -0.323 e. The molecule has 1 aliphatic rings. The number of thioether (sulfide) groups is 2. The van der Waals surface area contributed by atoms with E-state index in [1.807, 2.05) is 48.9 Å². The van der Waals surface area contributed by atoms with Gasteiger partial charge >= 0.3 is 6.03 Å². The Kier molecular flexibility index (Phi) is 5.17. The Bertz CT molecular complexity index is 682. The molecule has 0 aliphatic carbocycles. The SMILES string of the molecule is CN(Cc1cnn(C)c1)C(=O)Nc1cccc(C2SCCS2)c1. The summed E-state index contributed by atoms with van der Waals surface area (Å²) in [5, 5.41) is 7.10. The number of nitrogens with zero attached hydrogens (tertiary/aromatic N) is 3. The molecule has 122 valence electrons. The van der Waals surface area contributed by atoms with Crippen LogP contribution in [0.25, 0.3) is 0 Å². The van der Waals surface area contributed by atoms with Crippen LogP contribution in [-0.4, -0.2) is 39.3 Å². The van der Waals surface area contributed by atoms with Crippen molar-refractivity contribution in [3.63, 3.8) is 0 Å². The summed E-state index contributed by atoms with van der Waals surface area (Å²) in [5.74, 6) is 2.39. The lowest BCUT2D eigenvalue weighted by Gasteiger charge is -2.18. The quantitative estimate of drug-likeness (QED) is 0.918. The Morgan fingerprint density at radius 2 is 2.22 bits per heavy atom. The third-order valence-electron chi connectivity index (χ3n) is 3.56. The molecule has 1 fully saturated rings. The van der Waals surface area contributed by atoms with Crippen molar-refractivity contribution in [3.8, 4) is 0 Å². The highest BCUT2D eigenvalue weighted by Gasteiger charge is 2.19. The van der Waals surface area contributed by atoms with Crippen LogP contribution in [-0.2, 0) is 13.6 Å². The summed E-state index contributed by atoms with van der Waals surface area (Å²) in [5.41, 5.74) is 3.13. The van der Waals surface area contributed by atoms with Gasteiger partial charge in [-0.1, -0.05) is 12.1 Å². The van der Waals surface area contributed by atoms with Crippen LogP contribution < -0.4 is 5.32 Å². The van der Waals surface area contributed by atoms with Gasteiger partial charge in [0.2, 0.25) is 0 Å². The van der Waals surface area contributed by atoms with Gasteiger partial charge in [-0.05, 0) is 17.7 Å². The van der Waals surface area contributed by atoms with E-state index in [1.54, 1.807) is 22.8 Å². The number of urea groups is 1. The van der Waals surface area contributed by atoms with Crippen LogP contribution in [0.4, 0.5) is 10.5 Å². The molecule has 2 heterocycles. The molecule has 2 aromatic rings. The number of amides is 2. The van der Waals surface area contributed by atoms with Crippen molar-refractivity contribution in [2.75, 3.05) is 23.9 Å². The summed E-state index contributed by atoms with van der Waals surface area (Å²) in [4.78, 5) is 14.0. The van der Waals surface area contributed by atoms with Crippen LogP contribution in [0.15, 0.2) is 36.7 Å². The van der Waals surface area contributed by atoms with Gasteiger partial charge in [-0.25, -0.2) is 4.79 Å². The molecule has 1 aromatic heterocycles. The number of carbonyl (C=O) groups is 1. The Hall–Kier alpha value is -1.60. The zero-order chi connectivity index (χ0) is 16.2. The van der Waals surface area contributed by atoms with Gasteiger partial charge in [-0.3, -0.25) is 4.68 Å². The van der Waals surface area contributed by atoms with E-state index in [0.29, 0.717) is 11.1 Å². The number of aromatic nitrogens is 2. The number of aryl methyl sites for hydroxylation is 1. The largest absolute Gasteiger partial charge is 0.323 e. The maximum atomic E-state index is 12.3. The van der Waals surface area contributed by atoms with E-state index in [0.717, 1.165) is 11.3 Å². The van der Waals surface area contributed by atoms with E-state index in [4.69, 9.17) is 0 Å². The van der Waals surface area contributed by atoms with Gasteiger partial charge < -0.3 is 10.2 Å². The van der Waals surface area contributed by atoms with E-state index >= 15 is 0 Å². The molecule has 7 heteroatoms. The molecule has 0 radical (unpaired) electrons. The molecule has 5 nitrogen and oxygen atoms in total. The lowest BCUT2D eigenvalue weighted by atomic mass is 10.2. The molecule has 3 rings (SSSR count). The summed E-state index contributed by atoms with van der Waals surface area (Å²) in [6.07, 6.45) is 3.69. The van der Waals surface area contributed by atoms with Gasteiger partial charge in [0.1, 0.15) is 0 Å². The fourth-order valence-corrected chi connectivity index (χ4v) is 5.27. The monoisotopic (exact) mass is 348 g/mol. The molecule has 1 aromatic carbocycles. The minimum atomic E-state index is -0.113. The van der Waals surface area contributed by atoms with Crippen LogP contribution in [0, 0.1) is 0 Å². The van der Waals surface area contributed by atoms with Gasteiger partial charge in [0.25, 0.3) is 0 Å². The Balaban J connectivity index is 1.61. The molecule has 1 aliphatic heterocycles. The first-order chi connectivity index (χ1) is 11.1. The Morgan fingerprint density at radius 1 is 1.43 bits per heavy atom. The number of hydrogen-bond acceptors (Lipinski definition) is 4. The molecule has 0 atom stereocenters. The van der Waals surface area contributed by atoms with Gasteiger partial charge in [0.15, 0.2) is 0 Å². The Labute approximate surface area is 144 Å². The molecule has 0 unspecified atom stereocenters. The maximum Gasteiger partial charge on any atom is 0.321 e. The van der Waals surface area contributed by atoms with Crippen molar-refractivity contribution in [3.05, 3.63) is 47.8 Å². The van der Waals surface area contributed by atoms with Gasteiger partial charge in [0, 0.05) is 43.0 Å². The fraction of sp³-hybridized carbons (Fsp3) is 0.375. The number of carbonyl (C=O) groups excluding carboxylic acids is 1. The second-order valence-electron chi connectivity index (χ2n) is 5.51. The van der Waals surface area contributed by atoms with E-state index in [1.165, 1.54) is 17.1 Å². The number of rotatable bonds is 4. The molecular formula is C16H20N4OS2. The van der Waals surface area contributed by atoms with E-state index in [9.17, 15) is 4.79 Å². The summed E-state index contributed by atoms with van der Waals surface area (Å²) in [7, 11) is 3.66. The number of benzene rings is 1. The summed E-state index contributed by atoms with van der Waals surface area (Å²) >= 11 is 3.93. The van der Waals surface area contributed by atoms with E-state index in [-0.39, 0.29) is 6.03 Å². The zero-order valence-corrected chi connectivity index (χ0v) is 14.9. The smallest absolute Gasteiger partial charge is 0.321 e. The predicted octanol–water partition coefficient (Wildman–Crippen LogP) is 3.56. The summed E-state index contributed by atoms with van der Waals surface area (Å²) in [6.45, 7) is 0.535. The van der Waals surface area contributed by atoms with Crippen molar-refractivity contribution in [2.24, 2.45) is 7.05 Å². The molecular weight excluding hydrogens is 328 g/mol. The van der Waals surface area contributed by atoms with Crippen LogP contribution in [0.5, 0.6) is 0 Å². The average Bonchev–Trinajstić information content (AvgIpc) is 3.19. The number of hydrogen-bond donors (Lipinski definition) is 1. The van der Waals surface area contributed by atoms with Crippen molar-refractivity contribution in [2.45, 2.75) is 11.1 Å². The third-order valence-corrected chi connectivity index (χ3v) is 6.66. The standard InChI is InChI=1S/C16H20N4OS2/c1-19(10-12-9-17-20(2)11-12)16(21)18-14-5-3-4-13(8-14)15-22-6-7-23-15/h3-5,8-9,11,15H,6-7,10H2,1-2H3,(H,18,21). The van der Waals surface area contributed by atoms with Gasteiger partial charge in [0.05, 0.1) is 17.3 Å². The second-order valence-corrected chi connectivity index (χ2v) is 8.23. The van der Waals surface area contributed by atoms with Crippen molar-refractivity contribution in [1.29, 1.82) is 0 Å². The summed E-state index contributed by atoms with van der Waals surface area (Å²) < 4.78 is 2.22. The maximum absolute atomic E-state index is 12.3. The van der Waals surface area contributed by atoms with Crippen LogP contribution in [0.1, 0.15) is 15.7 Å². The van der Waals surface area contributed by atoms with E-state index < -0.39 is 0 Å². The van der Waals surface area contributed by atoms with Gasteiger partial charge in [-0.15, -0.1) is 23.5 Å². The second kappa shape index (κ2) is 7.31. The molecule has 1 saturated heterocycles. The lowest BCUT2D eigenvalue weighted by Crippen LogP contribution is -2.30. The van der Waals surface area contributed by atoms with Crippen molar-refractivity contribution in [1.82, 2.24) is 14.7 Å². The fourth-order valence-electron chi connectivity index (χ4n) is 2.43. The normalized spacial score (nSPS) is 14.9. The summed E-state index contributed by atoms with van der Waals surface area (Å²) in [6, 6.07) is 8.03. The highest BCUT2D eigenvalue weighted by Crippen LogP contribution is 2.45. The highest BCUT2D eigenvalue weighted by molar-refractivity contribution is 8.19. The molecule has 0 saturated carbocycles. The van der Waals surface area contributed by atoms with Crippen LogP contribution in [0.2, 0.25) is 0 Å². The molecule has 23 heavy (non-hydrogen) atoms. The molecule has 0 bridgehead atoms. The predicted molar refractivity (Wildman–Crippen MR) is 97.8 cm³/mol. The lowest BCUT2D eigenvalue weighted by molar-refractivity contribution is 0.220. The zero-order valence-electron chi connectivity index (χ0n) is 13.2. The third kappa shape index (κ3) is 4.23. The van der Waals surface area contributed by atoms with Crippen molar-refractivity contribution < 1.29 is 4.79 Å². The molecule has 0 spiro atoms. The molecule has 2 amide bonds. The Morgan fingerprint density at radius 3 is 2.91 bits per heavy atom. The van der Waals surface area contributed by atoms with Crippen LogP contribution >= 0.6 is 23.5 Å². The minimum absolute atomic E-state index is 0.113. The van der Waals surface area contributed by atoms with Crippen molar-refractivity contribution >= 4 is 35.2 Å².